The van der Waals surface area contributed by atoms with Crippen LogP contribution in [0.1, 0.15) is 18.1 Å². The molecule has 0 fully saturated rings. The van der Waals surface area contributed by atoms with Gasteiger partial charge in [0.1, 0.15) is 5.75 Å². The fourth-order valence-electron chi connectivity index (χ4n) is 2.31. The smallest absolute Gasteiger partial charge is 0.387 e. The standard InChI is InChI=1S/C17H23F2N5O/c1-4-20-17(21-9-14-10-22-24(3)12-14)23(2)11-13-5-7-15(8-6-13)25-16(18)19/h5-8,10,12,16H,4,9,11H2,1-3H3,(H,20,21). The number of aliphatic imine (C=N–C) groups is 1. The minimum absolute atomic E-state index is 0.151. The summed E-state index contributed by atoms with van der Waals surface area (Å²) in [4.78, 5) is 6.58. The van der Waals surface area contributed by atoms with E-state index >= 15 is 0 Å². The van der Waals surface area contributed by atoms with Crippen molar-refractivity contribution >= 4 is 5.96 Å². The van der Waals surface area contributed by atoms with E-state index < -0.39 is 6.61 Å². The quantitative estimate of drug-likeness (QED) is 0.615. The van der Waals surface area contributed by atoms with Crippen LogP contribution in [0.3, 0.4) is 0 Å². The molecular weight excluding hydrogens is 328 g/mol. The average molecular weight is 351 g/mol. The Kier molecular flexibility index (Phi) is 6.73. The second-order valence-corrected chi connectivity index (χ2v) is 5.57. The van der Waals surface area contributed by atoms with Crippen molar-refractivity contribution in [3.63, 3.8) is 0 Å². The van der Waals surface area contributed by atoms with Crippen molar-refractivity contribution in [1.82, 2.24) is 20.0 Å². The van der Waals surface area contributed by atoms with E-state index in [1.54, 1.807) is 23.0 Å². The lowest BCUT2D eigenvalue weighted by atomic mass is 10.2. The Morgan fingerprint density at radius 1 is 1.32 bits per heavy atom. The van der Waals surface area contributed by atoms with Crippen molar-refractivity contribution < 1.29 is 13.5 Å². The molecular formula is C17H23F2N5O. The molecule has 1 aromatic carbocycles. The van der Waals surface area contributed by atoms with Gasteiger partial charge in [0.05, 0.1) is 12.7 Å². The molecule has 0 atom stereocenters. The maximum atomic E-state index is 12.2. The lowest BCUT2D eigenvalue weighted by Crippen LogP contribution is -2.38. The lowest BCUT2D eigenvalue weighted by Gasteiger charge is -2.22. The summed E-state index contributed by atoms with van der Waals surface area (Å²) < 4.78 is 30.5. The third-order valence-electron chi connectivity index (χ3n) is 3.43. The number of ether oxygens (including phenoxy) is 1. The molecule has 0 spiro atoms. The van der Waals surface area contributed by atoms with Gasteiger partial charge in [-0.1, -0.05) is 12.1 Å². The summed E-state index contributed by atoms with van der Waals surface area (Å²) in [7, 11) is 3.79. The normalized spacial score (nSPS) is 11.7. The summed E-state index contributed by atoms with van der Waals surface area (Å²) in [5.41, 5.74) is 2.00. The van der Waals surface area contributed by atoms with E-state index in [9.17, 15) is 8.78 Å². The van der Waals surface area contributed by atoms with E-state index in [0.717, 1.165) is 23.6 Å². The second kappa shape index (κ2) is 9.00. The van der Waals surface area contributed by atoms with Crippen LogP contribution in [0, 0.1) is 0 Å². The van der Waals surface area contributed by atoms with Crippen LogP contribution >= 0.6 is 0 Å². The van der Waals surface area contributed by atoms with Crippen LogP contribution in [-0.2, 0) is 20.1 Å². The Hall–Kier alpha value is -2.64. The molecule has 0 saturated heterocycles. The molecule has 25 heavy (non-hydrogen) atoms. The van der Waals surface area contributed by atoms with E-state index in [1.165, 1.54) is 12.1 Å². The molecule has 1 aromatic heterocycles. The van der Waals surface area contributed by atoms with Crippen molar-refractivity contribution in [3.8, 4) is 5.75 Å². The SMILES string of the molecule is CCNC(=NCc1cnn(C)c1)N(C)Cc1ccc(OC(F)F)cc1. The Labute approximate surface area is 146 Å². The number of rotatable bonds is 7. The monoisotopic (exact) mass is 351 g/mol. The Morgan fingerprint density at radius 2 is 2.04 bits per heavy atom. The number of alkyl halides is 2. The van der Waals surface area contributed by atoms with Gasteiger partial charge in [0, 0.05) is 38.9 Å². The van der Waals surface area contributed by atoms with Crippen LogP contribution in [0.4, 0.5) is 8.78 Å². The molecule has 2 rings (SSSR count). The summed E-state index contributed by atoms with van der Waals surface area (Å²) in [5, 5.41) is 7.37. The number of aryl methyl sites for hydroxylation is 1. The van der Waals surface area contributed by atoms with Gasteiger partial charge in [-0.05, 0) is 24.6 Å². The van der Waals surface area contributed by atoms with Gasteiger partial charge in [-0.3, -0.25) is 4.68 Å². The predicted octanol–water partition coefficient (Wildman–Crippen LogP) is 2.62. The van der Waals surface area contributed by atoms with Crippen molar-refractivity contribution in [3.05, 3.63) is 47.8 Å². The minimum Gasteiger partial charge on any atom is -0.435 e. The number of hydrogen-bond donors (Lipinski definition) is 1. The van der Waals surface area contributed by atoms with E-state index in [0.29, 0.717) is 13.1 Å². The van der Waals surface area contributed by atoms with Gasteiger partial charge >= 0.3 is 6.61 Å². The molecule has 136 valence electrons. The van der Waals surface area contributed by atoms with Gasteiger partial charge in [-0.2, -0.15) is 13.9 Å². The number of hydrogen-bond acceptors (Lipinski definition) is 3. The molecule has 0 unspecified atom stereocenters. The maximum Gasteiger partial charge on any atom is 0.387 e. The number of halogens is 2. The maximum absolute atomic E-state index is 12.2. The second-order valence-electron chi connectivity index (χ2n) is 5.57. The number of guanidine groups is 1. The van der Waals surface area contributed by atoms with Gasteiger partial charge in [-0.15, -0.1) is 0 Å². The van der Waals surface area contributed by atoms with E-state index in [2.05, 4.69) is 20.1 Å². The zero-order chi connectivity index (χ0) is 18.2. The molecule has 0 radical (unpaired) electrons. The minimum atomic E-state index is -2.81. The van der Waals surface area contributed by atoms with E-state index in [-0.39, 0.29) is 5.75 Å². The summed E-state index contributed by atoms with van der Waals surface area (Å²) in [5.74, 6) is 0.915. The topological polar surface area (TPSA) is 54.7 Å². The molecule has 0 aliphatic rings. The van der Waals surface area contributed by atoms with Gasteiger partial charge in [0.2, 0.25) is 0 Å². The summed E-state index contributed by atoms with van der Waals surface area (Å²) >= 11 is 0. The molecule has 6 nitrogen and oxygen atoms in total. The van der Waals surface area contributed by atoms with Gasteiger partial charge < -0.3 is 15.0 Å². The third kappa shape index (κ3) is 6.06. The predicted molar refractivity (Wildman–Crippen MR) is 92.6 cm³/mol. The number of aromatic nitrogens is 2. The first-order valence-corrected chi connectivity index (χ1v) is 7.98. The van der Waals surface area contributed by atoms with Crippen LogP contribution in [0.5, 0.6) is 5.75 Å². The molecule has 0 aliphatic carbocycles. The summed E-state index contributed by atoms with van der Waals surface area (Å²) in [6.07, 6.45) is 3.71. The van der Waals surface area contributed by atoms with Crippen molar-refractivity contribution in [2.24, 2.45) is 12.0 Å². The average Bonchev–Trinajstić information content (AvgIpc) is 2.98. The zero-order valence-electron chi connectivity index (χ0n) is 14.6. The number of nitrogens with zero attached hydrogens (tertiary/aromatic N) is 4. The van der Waals surface area contributed by atoms with Crippen LogP contribution in [0.2, 0.25) is 0 Å². The molecule has 1 heterocycles. The Bertz CT molecular complexity index is 685. The fourth-order valence-corrected chi connectivity index (χ4v) is 2.31. The first-order chi connectivity index (χ1) is 12.0. The van der Waals surface area contributed by atoms with Crippen molar-refractivity contribution in [2.75, 3.05) is 13.6 Å². The molecule has 1 N–H and O–H groups in total. The Morgan fingerprint density at radius 3 is 2.60 bits per heavy atom. The van der Waals surface area contributed by atoms with Crippen molar-refractivity contribution in [2.45, 2.75) is 26.6 Å². The van der Waals surface area contributed by atoms with Gasteiger partial charge in [-0.25, -0.2) is 4.99 Å². The van der Waals surface area contributed by atoms with Crippen LogP contribution < -0.4 is 10.1 Å². The lowest BCUT2D eigenvalue weighted by molar-refractivity contribution is -0.0498. The molecule has 0 bridgehead atoms. The summed E-state index contributed by atoms with van der Waals surface area (Å²) in [6.45, 7) is 1.06. The zero-order valence-corrected chi connectivity index (χ0v) is 14.6. The van der Waals surface area contributed by atoms with Crippen LogP contribution in [0.15, 0.2) is 41.7 Å². The van der Waals surface area contributed by atoms with E-state index in [1.807, 2.05) is 32.1 Å². The largest absolute Gasteiger partial charge is 0.435 e. The van der Waals surface area contributed by atoms with Gasteiger partial charge in [0.15, 0.2) is 5.96 Å². The third-order valence-corrected chi connectivity index (χ3v) is 3.43. The number of nitrogens with one attached hydrogen (secondary N) is 1. The molecule has 0 amide bonds. The molecule has 0 saturated carbocycles. The van der Waals surface area contributed by atoms with Crippen LogP contribution in [-0.4, -0.2) is 40.8 Å². The highest BCUT2D eigenvalue weighted by molar-refractivity contribution is 5.79. The van der Waals surface area contributed by atoms with E-state index in [4.69, 9.17) is 0 Å². The molecule has 0 aliphatic heterocycles. The summed E-state index contributed by atoms with van der Waals surface area (Å²) in [6, 6.07) is 6.60. The highest BCUT2D eigenvalue weighted by Gasteiger charge is 2.08. The molecule has 2 aromatic rings. The first kappa shape index (κ1) is 18.7. The highest BCUT2D eigenvalue weighted by Crippen LogP contribution is 2.15. The van der Waals surface area contributed by atoms with Gasteiger partial charge in [0.25, 0.3) is 0 Å². The Balaban J connectivity index is 2.00. The number of benzene rings is 1. The molecule has 8 heteroatoms. The highest BCUT2D eigenvalue weighted by atomic mass is 19.3. The van der Waals surface area contributed by atoms with Crippen molar-refractivity contribution in [1.29, 1.82) is 0 Å². The van der Waals surface area contributed by atoms with Crippen LogP contribution in [0.25, 0.3) is 0 Å². The first-order valence-electron chi connectivity index (χ1n) is 7.98. The fraction of sp³-hybridized carbons (Fsp3) is 0.412.